The van der Waals surface area contributed by atoms with Gasteiger partial charge in [-0.05, 0) is 30.7 Å². The Balaban J connectivity index is 1.89. The molecule has 1 heterocycles. The van der Waals surface area contributed by atoms with Crippen molar-refractivity contribution in [1.29, 1.82) is 0 Å². The van der Waals surface area contributed by atoms with Crippen molar-refractivity contribution in [1.82, 2.24) is 10.2 Å². The number of aliphatic carboxylic acids is 1. The summed E-state index contributed by atoms with van der Waals surface area (Å²) in [5.41, 5.74) is 0. The van der Waals surface area contributed by atoms with E-state index < -0.39 is 23.8 Å². The molecule has 1 aromatic rings. The molecule has 0 aromatic heterocycles. The van der Waals surface area contributed by atoms with E-state index in [-0.39, 0.29) is 30.5 Å². The number of likely N-dealkylation sites (tertiary alicyclic amines) is 1. The van der Waals surface area contributed by atoms with E-state index in [1.165, 1.54) is 12.1 Å². The van der Waals surface area contributed by atoms with Gasteiger partial charge in [0.2, 0.25) is 17.9 Å². The average molecular weight is 338 g/mol. The van der Waals surface area contributed by atoms with Gasteiger partial charge in [-0.25, -0.2) is 9.18 Å². The Morgan fingerprint density at radius 3 is 2.67 bits per heavy atom. The van der Waals surface area contributed by atoms with Crippen molar-refractivity contribution in [3.63, 3.8) is 0 Å². The van der Waals surface area contributed by atoms with Crippen LogP contribution >= 0.6 is 0 Å². The molecule has 0 saturated carbocycles. The number of carbonyl (C=O) groups is 3. The molecule has 2 unspecified atom stereocenters. The van der Waals surface area contributed by atoms with Gasteiger partial charge < -0.3 is 20.1 Å². The largest absolute Gasteiger partial charge is 0.478 e. The van der Waals surface area contributed by atoms with Crippen LogP contribution in [0.1, 0.15) is 12.8 Å². The fourth-order valence-electron chi connectivity index (χ4n) is 2.36. The maximum Gasteiger partial charge on any atom is 0.346 e. The van der Waals surface area contributed by atoms with Crippen molar-refractivity contribution in [3.05, 3.63) is 30.1 Å². The molecule has 1 fully saturated rings. The van der Waals surface area contributed by atoms with Crippen LogP contribution in [0.5, 0.6) is 5.75 Å². The molecule has 2 amide bonds. The van der Waals surface area contributed by atoms with Gasteiger partial charge in [0.15, 0.2) is 0 Å². The predicted octanol–water partition coefficient (Wildman–Crippen LogP) is 0.642. The number of hydrogen-bond donors (Lipinski definition) is 2. The number of rotatable bonds is 6. The first-order valence-corrected chi connectivity index (χ1v) is 7.53. The van der Waals surface area contributed by atoms with Crippen LogP contribution in [-0.4, -0.2) is 54.0 Å². The minimum Gasteiger partial charge on any atom is -0.478 e. The van der Waals surface area contributed by atoms with Gasteiger partial charge >= 0.3 is 5.97 Å². The number of benzene rings is 1. The van der Waals surface area contributed by atoms with E-state index in [4.69, 9.17) is 4.74 Å². The lowest BCUT2D eigenvalue weighted by molar-refractivity contribution is -0.145. The van der Waals surface area contributed by atoms with Crippen LogP contribution in [0.25, 0.3) is 0 Å². The van der Waals surface area contributed by atoms with Crippen LogP contribution in [0.2, 0.25) is 0 Å². The van der Waals surface area contributed by atoms with E-state index in [9.17, 15) is 23.9 Å². The van der Waals surface area contributed by atoms with E-state index >= 15 is 0 Å². The number of nitrogens with zero attached hydrogens (tertiary/aromatic N) is 1. The number of piperidine rings is 1. The molecule has 2 rings (SSSR count). The van der Waals surface area contributed by atoms with Gasteiger partial charge in [-0.1, -0.05) is 0 Å². The van der Waals surface area contributed by atoms with E-state index in [1.807, 2.05) is 0 Å². The van der Waals surface area contributed by atoms with Crippen LogP contribution in [-0.2, 0) is 14.4 Å². The van der Waals surface area contributed by atoms with Crippen molar-refractivity contribution in [2.24, 2.45) is 5.92 Å². The van der Waals surface area contributed by atoms with Crippen LogP contribution < -0.4 is 10.1 Å². The molecule has 0 radical (unpaired) electrons. The monoisotopic (exact) mass is 338 g/mol. The maximum absolute atomic E-state index is 12.8. The highest BCUT2D eigenvalue weighted by molar-refractivity contribution is 5.87. The third kappa shape index (κ3) is 4.68. The van der Waals surface area contributed by atoms with Crippen molar-refractivity contribution >= 4 is 17.8 Å². The molecule has 0 bridgehead atoms. The number of carbonyl (C=O) groups excluding carboxylic acids is 2. The predicted molar refractivity (Wildman–Crippen MR) is 81.8 cm³/mol. The smallest absolute Gasteiger partial charge is 0.346 e. The highest BCUT2D eigenvalue weighted by atomic mass is 19.1. The summed E-state index contributed by atoms with van der Waals surface area (Å²) in [7, 11) is 1.67. The second-order valence-corrected chi connectivity index (χ2v) is 5.65. The normalized spacial score (nSPS) is 18.8. The number of amides is 2. The zero-order valence-electron chi connectivity index (χ0n) is 13.2. The third-order valence-electron chi connectivity index (χ3n) is 3.86. The molecular weight excluding hydrogens is 319 g/mol. The summed E-state index contributed by atoms with van der Waals surface area (Å²) >= 11 is 0. The lowest BCUT2D eigenvalue weighted by Gasteiger charge is -2.28. The lowest BCUT2D eigenvalue weighted by Crippen LogP contribution is -2.46. The van der Waals surface area contributed by atoms with Gasteiger partial charge in [-0.15, -0.1) is 0 Å². The van der Waals surface area contributed by atoms with Gasteiger partial charge in [0.1, 0.15) is 11.6 Å². The summed E-state index contributed by atoms with van der Waals surface area (Å²) in [5, 5.41) is 11.7. The minimum absolute atomic E-state index is 0.110. The summed E-state index contributed by atoms with van der Waals surface area (Å²) in [6.07, 6.45) is -0.662. The van der Waals surface area contributed by atoms with E-state index in [0.29, 0.717) is 13.0 Å². The van der Waals surface area contributed by atoms with Gasteiger partial charge in [-0.2, -0.15) is 0 Å². The Hall–Kier alpha value is -2.64. The Bertz CT molecular complexity index is 619. The summed E-state index contributed by atoms with van der Waals surface area (Å²) < 4.78 is 18.1. The zero-order chi connectivity index (χ0) is 17.7. The van der Waals surface area contributed by atoms with Crippen LogP contribution in [0.3, 0.4) is 0 Å². The molecule has 1 aliphatic rings. The van der Waals surface area contributed by atoms with Crippen molar-refractivity contribution in [2.45, 2.75) is 18.9 Å². The zero-order valence-corrected chi connectivity index (χ0v) is 13.2. The molecule has 1 saturated heterocycles. The van der Waals surface area contributed by atoms with Crippen LogP contribution in [0, 0.1) is 11.7 Å². The third-order valence-corrected chi connectivity index (χ3v) is 3.86. The highest BCUT2D eigenvalue weighted by Gasteiger charge is 2.29. The molecule has 2 N–H and O–H groups in total. The standard InChI is InChI=1S/C16H19FN2O5/c1-19-7-6-10(8-14(19)20)15(21)18-9-13(16(22)23)24-12-4-2-11(17)3-5-12/h2-5,10,13H,6-9H2,1H3,(H,18,21)(H,22,23). The maximum atomic E-state index is 12.8. The van der Waals surface area contributed by atoms with E-state index in [1.54, 1.807) is 11.9 Å². The van der Waals surface area contributed by atoms with Gasteiger partial charge in [0.25, 0.3) is 0 Å². The second kappa shape index (κ2) is 7.76. The molecule has 7 nitrogen and oxygen atoms in total. The van der Waals surface area contributed by atoms with Crippen LogP contribution in [0.15, 0.2) is 24.3 Å². The fraction of sp³-hybridized carbons (Fsp3) is 0.438. The SMILES string of the molecule is CN1CCC(C(=O)NCC(Oc2ccc(F)cc2)C(=O)O)CC1=O. The van der Waals surface area contributed by atoms with Crippen LogP contribution in [0.4, 0.5) is 4.39 Å². The van der Waals surface area contributed by atoms with Crippen molar-refractivity contribution in [3.8, 4) is 5.75 Å². The number of hydrogen-bond acceptors (Lipinski definition) is 4. The van der Waals surface area contributed by atoms with Gasteiger partial charge in [-0.3, -0.25) is 9.59 Å². The Kier molecular flexibility index (Phi) is 5.73. The molecular formula is C16H19FN2O5. The van der Waals surface area contributed by atoms with Crippen molar-refractivity contribution < 1.29 is 28.6 Å². The Labute approximate surface area is 138 Å². The first-order valence-electron chi connectivity index (χ1n) is 7.53. The fourth-order valence-corrected chi connectivity index (χ4v) is 2.36. The number of halogens is 1. The molecule has 24 heavy (non-hydrogen) atoms. The highest BCUT2D eigenvalue weighted by Crippen LogP contribution is 2.17. The number of nitrogens with one attached hydrogen (secondary N) is 1. The Morgan fingerprint density at radius 1 is 1.42 bits per heavy atom. The van der Waals surface area contributed by atoms with Gasteiger partial charge in [0, 0.05) is 25.9 Å². The second-order valence-electron chi connectivity index (χ2n) is 5.65. The van der Waals surface area contributed by atoms with E-state index in [0.717, 1.165) is 12.1 Å². The number of carboxylic acid groups (broad SMARTS) is 1. The minimum atomic E-state index is -1.30. The molecule has 2 atom stereocenters. The topological polar surface area (TPSA) is 95.9 Å². The van der Waals surface area contributed by atoms with Crippen molar-refractivity contribution in [2.75, 3.05) is 20.1 Å². The van der Waals surface area contributed by atoms with Gasteiger partial charge in [0.05, 0.1) is 6.54 Å². The summed E-state index contributed by atoms with van der Waals surface area (Å²) in [6, 6.07) is 4.92. The molecule has 1 aliphatic heterocycles. The first-order chi connectivity index (χ1) is 11.4. The summed E-state index contributed by atoms with van der Waals surface area (Å²) in [4.78, 5) is 36.5. The summed E-state index contributed by atoms with van der Waals surface area (Å²) in [5.74, 6) is -2.47. The molecule has 0 spiro atoms. The molecule has 130 valence electrons. The Morgan fingerprint density at radius 2 is 2.08 bits per heavy atom. The summed E-state index contributed by atoms with van der Waals surface area (Å²) in [6.45, 7) is 0.247. The quantitative estimate of drug-likeness (QED) is 0.794. The van der Waals surface area contributed by atoms with E-state index in [2.05, 4.69) is 5.32 Å². The number of ether oxygens (including phenoxy) is 1. The molecule has 0 aliphatic carbocycles. The first kappa shape index (κ1) is 17.7. The number of carboxylic acids is 1. The molecule has 8 heteroatoms. The molecule has 1 aromatic carbocycles. The lowest BCUT2D eigenvalue weighted by atomic mass is 9.95. The average Bonchev–Trinajstić information content (AvgIpc) is 2.55.